The molecule has 0 saturated heterocycles. The van der Waals surface area contributed by atoms with Crippen molar-refractivity contribution in [3.63, 3.8) is 0 Å². The standard InChI is InChI=1S/C22H19FN6O2/c1-13-4-6-14(7-5-13)12-28-17-19(26(2)22(31)27(3)20(17)30)29-18(24-25-21(28)29)15-8-10-16(23)11-9-15/h4-11H,12H2,1-3H3. The predicted octanol–water partition coefficient (Wildman–Crippen LogP) is 2.24. The van der Waals surface area contributed by atoms with Crippen LogP contribution in [0, 0.1) is 12.7 Å². The van der Waals surface area contributed by atoms with Crippen LogP contribution in [0.25, 0.3) is 28.3 Å². The van der Waals surface area contributed by atoms with Gasteiger partial charge >= 0.3 is 5.69 Å². The largest absolute Gasteiger partial charge is 0.332 e. The first kappa shape index (κ1) is 19.0. The Bertz CT molecular complexity index is 1570. The van der Waals surface area contributed by atoms with Gasteiger partial charge < -0.3 is 0 Å². The normalized spacial score (nSPS) is 11.6. The van der Waals surface area contributed by atoms with E-state index in [0.29, 0.717) is 34.9 Å². The van der Waals surface area contributed by atoms with Crippen LogP contribution in [0.1, 0.15) is 11.1 Å². The van der Waals surface area contributed by atoms with Gasteiger partial charge in [-0.1, -0.05) is 29.8 Å². The van der Waals surface area contributed by atoms with Crippen molar-refractivity contribution < 1.29 is 4.39 Å². The van der Waals surface area contributed by atoms with E-state index in [1.165, 1.54) is 23.7 Å². The number of nitrogens with zero attached hydrogens (tertiary/aromatic N) is 6. The number of fused-ring (bicyclic) bond motifs is 3. The SMILES string of the molecule is Cc1ccc(Cn2c3c(=O)n(C)c(=O)n(C)c3n3c(-c4ccc(F)cc4)nnc23)cc1. The van der Waals surface area contributed by atoms with Gasteiger partial charge in [-0.05, 0) is 36.8 Å². The van der Waals surface area contributed by atoms with Gasteiger partial charge in [0.2, 0.25) is 5.78 Å². The molecule has 8 nitrogen and oxygen atoms in total. The van der Waals surface area contributed by atoms with Crippen molar-refractivity contribution in [3.8, 4) is 11.4 Å². The summed E-state index contributed by atoms with van der Waals surface area (Å²) in [4.78, 5) is 25.8. The minimum atomic E-state index is -0.453. The fraction of sp³-hybridized carbons (Fsp3) is 0.182. The van der Waals surface area contributed by atoms with E-state index in [1.807, 2.05) is 31.2 Å². The lowest BCUT2D eigenvalue weighted by molar-refractivity contribution is 0.628. The zero-order chi connectivity index (χ0) is 21.9. The molecule has 0 saturated carbocycles. The highest BCUT2D eigenvalue weighted by atomic mass is 19.1. The third kappa shape index (κ3) is 2.81. The molecule has 31 heavy (non-hydrogen) atoms. The summed E-state index contributed by atoms with van der Waals surface area (Å²) in [6, 6.07) is 13.8. The van der Waals surface area contributed by atoms with Gasteiger partial charge in [-0.2, -0.15) is 0 Å². The molecule has 156 valence electrons. The number of aryl methyl sites for hydroxylation is 2. The van der Waals surface area contributed by atoms with Crippen LogP contribution in [-0.4, -0.2) is 28.3 Å². The summed E-state index contributed by atoms with van der Waals surface area (Å²) in [5.41, 5.74) is 2.60. The van der Waals surface area contributed by atoms with Crippen molar-refractivity contribution in [2.24, 2.45) is 14.1 Å². The van der Waals surface area contributed by atoms with Crippen LogP contribution in [0.15, 0.2) is 58.1 Å². The van der Waals surface area contributed by atoms with E-state index in [2.05, 4.69) is 10.2 Å². The number of imidazole rings is 1. The third-order valence-corrected chi connectivity index (χ3v) is 5.54. The van der Waals surface area contributed by atoms with Gasteiger partial charge in [0.25, 0.3) is 5.56 Å². The lowest BCUT2D eigenvalue weighted by Crippen LogP contribution is -2.37. The molecule has 5 aromatic rings. The van der Waals surface area contributed by atoms with Crippen LogP contribution in [0.4, 0.5) is 4.39 Å². The molecule has 9 heteroatoms. The second-order valence-corrected chi connectivity index (χ2v) is 7.62. The Morgan fingerprint density at radius 2 is 1.58 bits per heavy atom. The number of halogens is 1. The van der Waals surface area contributed by atoms with E-state index in [4.69, 9.17) is 0 Å². The van der Waals surface area contributed by atoms with E-state index in [-0.39, 0.29) is 5.82 Å². The Hall–Kier alpha value is -4.01. The number of hydrogen-bond acceptors (Lipinski definition) is 4. The molecular weight excluding hydrogens is 399 g/mol. The van der Waals surface area contributed by atoms with Crippen LogP contribution >= 0.6 is 0 Å². The summed E-state index contributed by atoms with van der Waals surface area (Å²) in [5.74, 6) is 0.478. The summed E-state index contributed by atoms with van der Waals surface area (Å²) in [7, 11) is 3.06. The molecule has 0 spiro atoms. The molecular formula is C22H19FN6O2. The van der Waals surface area contributed by atoms with Crippen molar-refractivity contribution in [3.05, 3.63) is 86.3 Å². The Morgan fingerprint density at radius 3 is 2.26 bits per heavy atom. The van der Waals surface area contributed by atoms with E-state index in [0.717, 1.165) is 15.7 Å². The zero-order valence-corrected chi connectivity index (χ0v) is 17.2. The first-order valence-electron chi connectivity index (χ1n) is 9.71. The minimum Gasteiger partial charge on any atom is -0.298 e. The molecule has 0 bridgehead atoms. The first-order valence-corrected chi connectivity index (χ1v) is 9.71. The zero-order valence-electron chi connectivity index (χ0n) is 17.2. The predicted molar refractivity (Wildman–Crippen MR) is 115 cm³/mol. The highest BCUT2D eigenvalue weighted by Gasteiger charge is 2.24. The van der Waals surface area contributed by atoms with Crippen LogP contribution in [-0.2, 0) is 20.6 Å². The van der Waals surface area contributed by atoms with Gasteiger partial charge in [-0.15, -0.1) is 10.2 Å². The minimum absolute atomic E-state index is 0.346. The first-order chi connectivity index (χ1) is 14.9. The monoisotopic (exact) mass is 418 g/mol. The fourth-order valence-corrected chi connectivity index (χ4v) is 3.87. The van der Waals surface area contributed by atoms with Crippen LogP contribution in [0.5, 0.6) is 0 Å². The molecule has 3 aromatic heterocycles. The number of rotatable bonds is 3. The molecule has 0 aliphatic carbocycles. The maximum atomic E-state index is 13.4. The maximum Gasteiger partial charge on any atom is 0.332 e. The summed E-state index contributed by atoms with van der Waals surface area (Å²) < 4.78 is 19.4. The summed E-state index contributed by atoms with van der Waals surface area (Å²) in [5, 5.41) is 8.62. The number of hydrogen-bond donors (Lipinski definition) is 0. The topological polar surface area (TPSA) is 79.1 Å². The fourth-order valence-electron chi connectivity index (χ4n) is 3.87. The Labute approximate surface area is 175 Å². The number of aromatic nitrogens is 6. The van der Waals surface area contributed by atoms with Gasteiger partial charge in [0, 0.05) is 19.7 Å². The van der Waals surface area contributed by atoms with Crippen LogP contribution in [0.2, 0.25) is 0 Å². The Morgan fingerprint density at radius 1 is 0.903 bits per heavy atom. The molecule has 3 heterocycles. The van der Waals surface area contributed by atoms with Crippen molar-refractivity contribution in [1.29, 1.82) is 0 Å². The van der Waals surface area contributed by atoms with E-state index in [1.54, 1.807) is 28.1 Å². The highest BCUT2D eigenvalue weighted by molar-refractivity contribution is 5.80. The van der Waals surface area contributed by atoms with Crippen LogP contribution < -0.4 is 11.2 Å². The lowest BCUT2D eigenvalue weighted by Gasteiger charge is -2.08. The van der Waals surface area contributed by atoms with Crippen molar-refractivity contribution in [2.75, 3.05) is 0 Å². The maximum absolute atomic E-state index is 13.4. The second kappa shape index (κ2) is 6.76. The van der Waals surface area contributed by atoms with Gasteiger partial charge in [-0.25, -0.2) is 13.6 Å². The van der Waals surface area contributed by atoms with Crippen molar-refractivity contribution in [2.45, 2.75) is 13.5 Å². The summed E-state index contributed by atoms with van der Waals surface area (Å²) >= 11 is 0. The lowest BCUT2D eigenvalue weighted by atomic mass is 10.1. The molecule has 0 N–H and O–H groups in total. The summed E-state index contributed by atoms with van der Waals surface area (Å²) in [6.45, 7) is 2.38. The summed E-state index contributed by atoms with van der Waals surface area (Å²) in [6.07, 6.45) is 0. The van der Waals surface area contributed by atoms with Gasteiger partial charge in [0.1, 0.15) is 5.82 Å². The van der Waals surface area contributed by atoms with E-state index < -0.39 is 11.2 Å². The van der Waals surface area contributed by atoms with E-state index >= 15 is 0 Å². The average molecular weight is 418 g/mol. The molecule has 0 unspecified atom stereocenters. The Balaban J connectivity index is 1.89. The molecule has 0 atom stereocenters. The Kier molecular flexibility index (Phi) is 4.14. The quantitative estimate of drug-likeness (QED) is 0.450. The number of benzene rings is 2. The van der Waals surface area contributed by atoms with Crippen LogP contribution in [0.3, 0.4) is 0 Å². The molecule has 0 aliphatic rings. The molecule has 0 radical (unpaired) electrons. The highest BCUT2D eigenvalue weighted by Crippen LogP contribution is 2.25. The van der Waals surface area contributed by atoms with E-state index in [9.17, 15) is 14.0 Å². The third-order valence-electron chi connectivity index (χ3n) is 5.54. The molecule has 0 fully saturated rings. The molecule has 0 amide bonds. The molecule has 5 rings (SSSR count). The molecule has 2 aromatic carbocycles. The van der Waals surface area contributed by atoms with Gasteiger partial charge in [0.15, 0.2) is 17.0 Å². The average Bonchev–Trinajstić information content (AvgIpc) is 3.32. The molecule has 0 aliphatic heterocycles. The second-order valence-electron chi connectivity index (χ2n) is 7.62. The van der Waals surface area contributed by atoms with Crippen molar-refractivity contribution in [1.82, 2.24) is 28.3 Å². The van der Waals surface area contributed by atoms with Crippen molar-refractivity contribution >= 4 is 16.9 Å². The smallest absolute Gasteiger partial charge is 0.298 e. The van der Waals surface area contributed by atoms with Gasteiger partial charge in [0.05, 0.1) is 6.54 Å². The van der Waals surface area contributed by atoms with Gasteiger partial charge in [-0.3, -0.25) is 18.5 Å².